The summed E-state index contributed by atoms with van der Waals surface area (Å²) in [7, 11) is 0. The maximum atomic E-state index is 12.1. The maximum absolute atomic E-state index is 12.1. The van der Waals surface area contributed by atoms with Gasteiger partial charge in [0.05, 0.1) is 18.8 Å². The van der Waals surface area contributed by atoms with Crippen LogP contribution < -0.4 is 5.32 Å². The van der Waals surface area contributed by atoms with Crippen LogP contribution in [0.15, 0.2) is 16.7 Å². The van der Waals surface area contributed by atoms with Gasteiger partial charge >= 0.3 is 12.7 Å². The predicted molar refractivity (Wildman–Crippen MR) is 92.7 cm³/mol. The Hall–Kier alpha value is -2.19. The molecule has 0 spiro atoms. The van der Waals surface area contributed by atoms with Crippen molar-refractivity contribution in [2.24, 2.45) is 5.92 Å². The summed E-state index contributed by atoms with van der Waals surface area (Å²) in [5.74, 6) is -0.616. The zero-order chi connectivity index (χ0) is 23.5. The molecule has 8 nitrogen and oxygen atoms in total. The number of alkyl halides is 6. The highest BCUT2D eigenvalue weighted by Crippen LogP contribution is 2.47. The Kier molecular flexibility index (Phi) is 7.45. The SMILES string of the molecule is C=C(CCc1nnc([C@@H]2C[C@@H]2COC(F)(F)F)o1)NC(=O)COC1CC(OC(F)(F)F)C1. The van der Waals surface area contributed by atoms with Gasteiger partial charge in [-0.15, -0.1) is 36.5 Å². The number of allylic oxidation sites excluding steroid dienone is 1. The molecule has 3 rings (SSSR count). The van der Waals surface area contributed by atoms with Crippen molar-refractivity contribution in [3.05, 3.63) is 24.1 Å². The molecule has 1 N–H and O–H groups in total. The lowest BCUT2D eigenvalue weighted by molar-refractivity contribution is -0.357. The zero-order valence-corrected chi connectivity index (χ0v) is 16.7. The highest BCUT2D eigenvalue weighted by Gasteiger charge is 2.45. The fourth-order valence-electron chi connectivity index (χ4n) is 3.14. The Bertz CT molecular complexity index is 806. The van der Waals surface area contributed by atoms with E-state index in [9.17, 15) is 31.1 Å². The molecule has 0 aliphatic heterocycles. The molecule has 1 aromatic heterocycles. The molecule has 180 valence electrons. The number of hydrogen-bond donors (Lipinski definition) is 1. The highest BCUT2D eigenvalue weighted by molar-refractivity contribution is 5.78. The maximum Gasteiger partial charge on any atom is 0.522 e. The van der Waals surface area contributed by atoms with Gasteiger partial charge in [-0.2, -0.15) is 0 Å². The zero-order valence-electron chi connectivity index (χ0n) is 16.7. The van der Waals surface area contributed by atoms with Crippen LogP contribution in [0.1, 0.15) is 43.4 Å². The average molecular weight is 473 g/mol. The molecule has 2 fully saturated rings. The molecule has 32 heavy (non-hydrogen) atoms. The number of halogens is 6. The van der Waals surface area contributed by atoms with E-state index in [1.807, 2.05) is 0 Å². The lowest BCUT2D eigenvalue weighted by Crippen LogP contribution is -2.42. The van der Waals surface area contributed by atoms with Gasteiger partial charge < -0.3 is 14.5 Å². The summed E-state index contributed by atoms with van der Waals surface area (Å²) in [6.07, 6.45) is -9.71. The predicted octanol–water partition coefficient (Wildman–Crippen LogP) is 3.36. The van der Waals surface area contributed by atoms with Crippen molar-refractivity contribution in [2.75, 3.05) is 13.2 Å². The molecule has 0 bridgehead atoms. The first-order valence-electron chi connectivity index (χ1n) is 9.74. The number of ether oxygens (including phenoxy) is 3. The molecule has 2 aliphatic carbocycles. The van der Waals surface area contributed by atoms with Crippen LogP contribution in [0.4, 0.5) is 26.3 Å². The number of aryl methyl sites for hydroxylation is 1. The third kappa shape index (κ3) is 8.06. The minimum atomic E-state index is -4.69. The summed E-state index contributed by atoms with van der Waals surface area (Å²) in [4.78, 5) is 11.8. The number of nitrogens with one attached hydrogen (secondary N) is 1. The van der Waals surface area contributed by atoms with E-state index in [2.05, 4.69) is 31.6 Å². The molecule has 1 aromatic rings. The first-order valence-corrected chi connectivity index (χ1v) is 9.74. The van der Waals surface area contributed by atoms with Crippen LogP contribution in [0.25, 0.3) is 0 Å². The van der Waals surface area contributed by atoms with Crippen LogP contribution in [0, 0.1) is 5.92 Å². The second-order valence-electron chi connectivity index (χ2n) is 7.63. The molecule has 0 saturated heterocycles. The smallest absolute Gasteiger partial charge is 0.425 e. The molecule has 1 amide bonds. The molecule has 0 unspecified atom stereocenters. The molecule has 2 saturated carbocycles. The van der Waals surface area contributed by atoms with E-state index in [1.165, 1.54) is 0 Å². The summed E-state index contributed by atoms with van der Waals surface area (Å²) in [6, 6.07) is 0. The summed E-state index contributed by atoms with van der Waals surface area (Å²) < 4.78 is 90.6. The topological polar surface area (TPSA) is 95.7 Å². The van der Waals surface area contributed by atoms with E-state index < -0.39 is 37.4 Å². The van der Waals surface area contributed by atoms with Gasteiger partial charge in [0, 0.05) is 30.9 Å². The summed E-state index contributed by atoms with van der Waals surface area (Å²) in [5, 5.41) is 10.2. The molecule has 14 heteroatoms. The third-order valence-electron chi connectivity index (χ3n) is 4.94. The van der Waals surface area contributed by atoms with Gasteiger partial charge in [-0.1, -0.05) is 6.58 Å². The van der Waals surface area contributed by atoms with Crippen molar-refractivity contribution in [3.63, 3.8) is 0 Å². The molecule has 2 aliphatic rings. The van der Waals surface area contributed by atoms with Crippen LogP contribution in [0.2, 0.25) is 0 Å². The first-order chi connectivity index (χ1) is 14.9. The van der Waals surface area contributed by atoms with Crippen molar-refractivity contribution in [3.8, 4) is 0 Å². The normalized spacial score (nSPS) is 25.3. The van der Waals surface area contributed by atoms with E-state index in [0.717, 1.165) is 0 Å². The van der Waals surface area contributed by atoms with Crippen LogP contribution in [-0.2, 0) is 25.4 Å². The molecule has 1 heterocycles. The second-order valence-corrected chi connectivity index (χ2v) is 7.63. The Labute approximate surface area is 178 Å². The Morgan fingerprint density at radius 2 is 1.81 bits per heavy atom. The van der Waals surface area contributed by atoms with Gasteiger partial charge in [-0.25, -0.2) is 0 Å². The van der Waals surface area contributed by atoms with Gasteiger partial charge in [-0.05, 0) is 18.8 Å². The lowest BCUT2D eigenvalue weighted by Gasteiger charge is -2.34. The average Bonchev–Trinajstić information content (AvgIpc) is 3.26. The number of nitrogens with zero attached hydrogens (tertiary/aromatic N) is 2. The monoisotopic (exact) mass is 473 g/mol. The number of hydrogen-bond acceptors (Lipinski definition) is 7. The van der Waals surface area contributed by atoms with E-state index >= 15 is 0 Å². The summed E-state index contributed by atoms with van der Waals surface area (Å²) in [5.41, 5.74) is 0.341. The van der Waals surface area contributed by atoms with Crippen LogP contribution in [-0.4, -0.2) is 54.3 Å². The number of rotatable bonds is 11. The first kappa shape index (κ1) is 24.5. The Balaban J connectivity index is 1.28. The van der Waals surface area contributed by atoms with Crippen molar-refractivity contribution < 1.29 is 49.8 Å². The van der Waals surface area contributed by atoms with Gasteiger partial charge in [0.15, 0.2) is 0 Å². The number of amides is 1. The minimum Gasteiger partial charge on any atom is -0.425 e. The van der Waals surface area contributed by atoms with Crippen molar-refractivity contribution in [1.29, 1.82) is 0 Å². The standard InChI is InChI=1S/C18H21F6N3O5/c1-9(25-14(28)8-29-11-5-12(6-11)32-18(22,23)24)2-3-15-26-27-16(31-15)13-4-10(13)7-30-17(19,20)21/h10-13H,1-8H2,(H,25,28)/t10-,11?,12?,13-/m1/s1. The third-order valence-corrected chi connectivity index (χ3v) is 4.94. The van der Waals surface area contributed by atoms with Crippen molar-refractivity contribution in [2.45, 2.75) is 63.0 Å². The van der Waals surface area contributed by atoms with Crippen molar-refractivity contribution in [1.82, 2.24) is 15.5 Å². The number of aromatic nitrogens is 2. The fraction of sp³-hybridized carbons (Fsp3) is 0.722. The van der Waals surface area contributed by atoms with E-state index in [-0.39, 0.29) is 55.9 Å². The second kappa shape index (κ2) is 9.75. The molecule has 2 atom stereocenters. The number of carbonyl (C=O) groups is 1. The van der Waals surface area contributed by atoms with E-state index in [0.29, 0.717) is 12.1 Å². The van der Waals surface area contributed by atoms with Gasteiger partial charge in [0.1, 0.15) is 6.61 Å². The quantitative estimate of drug-likeness (QED) is 0.493. The Morgan fingerprint density at radius 3 is 2.47 bits per heavy atom. The lowest BCUT2D eigenvalue weighted by atomic mass is 9.92. The molecular formula is C18H21F6N3O5. The van der Waals surface area contributed by atoms with Gasteiger partial charge in [-0.3, -0.25) is 14.3 Å². The van der Waals surface area contributed by atoms with Crippen LogP contribution >= 0.6 is 0 Å². The fourth-order valence-corrected chi connectivity index (χ4v) is 3.14. The molecule has 0 aromatic carbocycles. The number of carbonyl (C=O) groups excluding carboxylic acids is 1. The van der Waals surface area contributed by atoms with Crippen LogP contribution in [0.3, 0.4) is 0 Å². The van der Waals surface area contributed by atoms with Crippen molar-refractivity contribution >= 4 is 5.91 Å². The molecule has 0 radical (unpaired) electrons. The largest absolute Gasteiger partial charge is 0.522 e. The Morgan fingerprint density at radius 1 is 1.09 bits per heavy atom. The summed E-state index contributed by atoms with van der Waals surface area (Å²) >= 11 is 0. The van der Waals surface area contributed by atoms with E-state index in [4.69, 9.17) is 9.15 Å². The highest BCUT2D eigenvalue weighted by atomic mass is 19.4. The van der Waals surface area contributed by atoms with Crippen LogP contribution in [0.5, 0.6) is 0 Å². The minimum absolute atomic E-state index is 0.0530. The van der Waals surface area contributed by atoms with Gasteiger partial charge in [0.2, 0.25) is 17.7 Å². The van der Waals surface area contributed by atoms with Gasteiger partial charge in [0.25, 0.3) is 0 Å². The van der Waals surface area contributed by atoms with E-state index in [1.54, 1.807) is 0 Å². The molecular weight excluding hydrogens is 452 g/mol. The summed E-state index contributed by atoms with van der Waals surface area (Å²) in [6.45, 7) is 2.89.